The Bertz CT molecular complexity index is 727. The molecule has 0 aromatic carbocycles. The summed E-state index contributed by atoms with van der Waals surface area (Å²) in [5.74, 6) is -1.99. The van der Waals surface area contributed by atoms with E-state index in [-0.39, 0.29) is 36.1 Å². The highest BCUT2D eigenvalue weighted by molar-refractivity contribution is 6.00. The summed E-state index contributed by atoms with van der Waals surface area (Å²) in [6.45, 7) is 4.36. The maximum atomic E-state index is 12.3. The van der Waals surface area contributed by atoms with Crippen molar-refractivity contribution in [3.8, 4) is 0 Å². The van der Waals surface area contributed by atoms with Crippen molar-refractivity contribution in [2.45, 2.75) is 51.3 Å². The molecule has 0 spiro atoms. The van der Waals surface area contributed by atoms with Crippen LogP contribution in [0.2, 0.25) is 0 Å². The number of likely N-dealkylation sites (N-methyl/N-ethyl adjacent to an activating group) is 1. The molecule has 3 aliphatic heterocycles. The lowest BCUT2D eigenvalue weighted by molar-refractivity contribution is -0.161. The number of likely N-dealkylation sites (tertiary alicyclic amines) is 1. The molecule has 2 fully saturated rings. The first-order valence-electron chi connectivity index (χ1n) is 9.38. The molecule has 4 atom stereocenters. The number of amides is 2. The van der Waals surface area contributed by atoms with Crippen LogP contribution in [0.5, 0.6) is 0 Å². The van der Waals surface area contributed by atoms with Gasteiger partial charge in [-0.05, 0) is 51.3 Å². The topological polar surface area (TPSA) is 110 Å². The van der Waals surface area contributed by atoms with Crippen LogP contribution in [0.25, 0.3) is 0 Å². The fourth-order valence-electron chi connectivity index (χ4n) is 4.54. The van der Waals surface area contributed by atoms with Gasteiger partial charge in [0.25, 0.3) is 0 Å². The third-order valence-electron chi connectivity index (χ3n) is 5.80. The minimum Gasteiger partial charge on any atom is -0.477 e. The molecule has 2 saturated heterocycles. The molecule has 8 heteroatoms. The number of hydrogen-bond acceptors (Lipinski definition) is 5. The molecule has 0 bridgehead atoms. The van der Waals surface area contributed by atoms with E-state index in [1.807, 2.05) is 17.9 Å². The lowest BCUT2D eigenvalue weighted by Crippen LogP contribution is -2.61. The molecule has 3 rings (SSSR count). The van der Waals surface area contributed by atoms with Crippen molar-refractivity contribution in [1.82, 2.24) is 15.1 Å². The van der Waals surface area contributed by atoms with Gasteiger partial charge in [0.15, 0.2) is 0 Å². The van der Waals surface area contributed by atoms with E-state index in [1.165, 1.54) is 4.90 Å². The summed E-state index contributed by atoms with van der Waals surface area (Å²) in [4.78, 5) is 39.5. The van der Waals surface area contributed by atoms with Gasteiger partial charge in [0.1, 0.15) is 5.70 Å². The average molecular weight is 377 g/mol. The molecule has 0 aromatic rings. The Morgan fingerprint density at radius 2 is 2.11 bits per heavy atom. The Morgan fingerprint density at radius 1 is 1.41 bits per heavy atom. The number of nitrogens with one attached hydrogen (secondary N) is 1. The number of fused-ring (bicyclic) bond motifs is 1. The van der Waals surface area contributed by atoms with Gasteiger partial charge in [-0.3, -0.25) is 9.59 Å². The first kappa shape index (κ1) is 19.6. The van der Waals surface area contributed by atoms with E-state index in [4.69, 9.17) is 0 Å². The summed E-state index contributed by atoms with van der Waals surface area (Å²) in [5.41, 5.74) is 1.42. The lowest BCUT2D eigenvalue weighted by Gasteiger charge is -2.44. The Balaban J connectivity index is 1.86. The van der Waals surface area contributed by atoms with Gasteiger partial charge in [0, 0.05) is 6.54 Å². The minimum absolute atomic E-state index is 0.0155. The van der Waals surface area contributed by atoms with Crippen molar-refractivity contribution in [3.63, 3.8) is 0 Å². The Kier molecular flexibility index (Phi) is 5.39. The highest BCUT2D eigenvalue weighted by Gasteiger charge is 2.56. The Morgan fingerprint density at radius 3 is 2.70 bits per heavy atom. The van der Waals surface area contributed by atoms with Crippen LogP contribution < -0.4 is 5.32 Å². The van der Waals surface area contributed by atoms with Gasteiger partial charge in [-0.2, -0.15) is 0 Å². The van der Waals surface area contributed by atoms with E-state index < -0.39 is 18.0 Å². The summed E-state index contributed by atoms with van der Waals surface area (Å²) in [6.07, 6.45) is 3.31. The molecule has 8 nitrogen and oxygen atoms in total. The fraction of sp³-hybridized carbons (Fsp3) is 0.632. The maximum Gasteiger partial charge on any atom is 0.352 e. The third kappa shape index (κ3) is 3.27. The van der Waals surface area contributed by atoms with Gasteiger partial charge in [-0.15, -0.1) is 0 Å². The molecule has 27 heavy (non-hydrogen) atoms. The van der Waals surface area contributed by atoms with Gasteiger partial charge >= 0.3 is 5.97 Å². The van der Waals surface area contributed by atoms with Gasteiger partial charge in [-0.25, -0.2) is 4.79 Å². The van der Waals surface area contributed by atoms with E-state index in [0.717, 1.165) is 18.4 Å². The molecule has 0 unspecified atom stereocenters. The number of rotatable bonds is 6. The second-order valence-electron chi connectivity index (χ2n) is 7.56. The number of nitrogens with zero attached hydrogens (tertiary/aromatic N) is 2. The molecule has 2 amide bonds. The molecule has 0 saturated carbocycles. The van der Waals surface area contributed by atoms with Crippen LogP contribution in [0, 0.1) is 5.92 Å². The SMILES string of the molecule is CNCC(=O)N1CCC[C@H]1/C=C(\C)C1=C(C(=O)O)N2C(=O)[C@H]([C@@H](C)O)[C@H]2C1. The van der Waals surface area contributed by atoms with Crippen molar-refractivity contribution in [1.29, 1.82) is 0 Å². The molecule has 148 valence electrons. The molecule has 3 N–H and O–H groups in total. The van der Waals surface area contributed by atoms with Gasteiger partial charge < -0.3 is 25.3 Å². The number of carbonyl (C=O) groups is 3. The zero-order valence-corrected chi connectivity index (χ0v) is 15.9. The second-order valence-corrected chi connectivity index (χ2v) is 7.56. The second kappa shape index (κ2) is 7.44. The van der Waals surface area contributed by atoms with Crippen LogP contribution in [-0.4, -0.2) is 76.1 Å². The minimum atomic E-state index is -1.13. The number of hydrogen-bond donors (Lipinski definition) is 3. The van der Waals surface area contributed by atoms with Crippen LogP contribution in [0.4, 0.5) is 0 Å². The quantitative estimate of drug-likeness (QED) is 0.566. The van der Waals surface area contributed by atoms with Crippen LogP contribution in [-0.2, 0) is 14.4 Å². The van der Waals surface area contributed by atoms with Crippen molar-refractivity contribution in [3.05, 3.63) is 22.9 Å². The summed E-state index contributed by atoms with van der Waals surface area (Å²) >= 11 is 0. The van der Waals surface area contributed by atoms with Gasteiger partial charge in [0.2, 0.25) is 11.8 Å². The fourth-order valence-corrected chi connectivity index (χ4v) is 4.54. The van der Waals surface area contributed by atoms with Crippen LogP contribution in [0.1, 0.15) is 33.1 Å². The highest BCUT2D eigenvalue weighted by atomic mass is 16.4. The highest BCUT2D eigenvalue weighted by Crippen LogP contribution is 2.45. The molecular weight excluding hydrogens is 350 g/mol. The van der Waals surface area contributed by atoms with Crippen molar-refractivity contribution in [2.24, 2.45) is 5.92 Å². The first-order valence-corrected chi connectivity index (χ1v) is 9.38. The number of carbonyl (C=O) groups excluding carboxylic acids is 2. The average Bonchev–Trinajstić information content (AvgIpc) is 3.17. The predicted molar refractivity (Wildman–Crippen MR) is 97.5 cm³/mol. The molecule has 0 radical (unpaired) electrons. The zero-order chi connectivity index (χ0) is 19.9. The normalized spacial score (nSPS) is 29.1. The molecule has 3 aliphatic rings. The van der Waals surface area contributed by atoms with Crippen molar-refractivity contribution < 1.29 is 24.6 Å². The number of allylic oxidation sites excluding steroid dienone is 1. The van der Waals surface area contributed by atoms with E-state index >= 15 is 0 Å². The summed E-state index contributed by atoms with van der Waals surface area (Å²) < 4.78 is 0. The number of carboxylic acid groups (broad SMARTS) is 1. The van der Waals surface area contributed by atoms with Crippen molar-refractivity contribution in [2.75, 3.05) is 20.1 Å². The number of aliphatic carboxylic acids is 1. The maximum absolute atomic E-state index is 12.3. The van der Waals surface area contributed by atoms with E-state index in [2.05, 4.69) is 5.32 Å². The summed E-state index contributed by atoms with van der Waals surface area (Å²) in [6, 6.07) is -0.363. The van der Waals surface area contributed by atoms with E-state index in [1.54, 1.807) is 14.0 Å². The molecule has 0 aromatic heterocycles. The largest absolute Gasteiger partial charge is 0.477 e. The number of aliphatic hydroxyl groups excluding tert-OH is 1. The number of β-lactam (4-membered cyclic amide) rings is 1. The molecular formula is C19H27N3O5. The number of carboxylic acids is 1. The monoisotopic (exact) mass is 377 g/mol. The van der Waals surface area contributed by atoms with Gasteiger partial charge in [0.05, 0.1) is 30.7 Å². The number of aliphatic hydroxyl groups is 1. The summed E-state index contributed by atoms with van der Waals surface area (Å²) in [7, 11) is 1.73. The molecule has 3 heterocycles. The Labute approximate surface area is 158 Å². The van der Waals surface area contributed by atoms with Crippen LogP contribution in [0.15, 0.2) is 22.9 Å². The smallest absolute Gasteiger partial charge is 0.352 e. The van der Waals surface area contributed by atoms with Crippen molar-refractivity contribution >= 4 is 17.8 Å². The van der Waals surface area contributed by atoms with Gasteiger partial charge in [-0.1, -0.05) is 6.08 Å². The standard InChI is InChI=1S/C19H27N3O5/c1-10(7-12-5-4-6-21(12)15(24)9-20-3)13-8-14-16(11(2)23)18(25)22(14)17(13)19(26)27/h7,11-12,14,16,20,23H,4-6,8-9H2,1-3H3,(H,26,27)/b10-7+/t11-,12+,14-,16-/m1/s1. The van der Waals surface area contributed by atoms with Crippen LogP contribution >= 0.6 is 0 Å². The lowest BCUT2D eigenvalue weighted by atomic mass is 9.82. The first-order chi connectivity index (χ1) is 12.8. The predicted octanol–water partition coefficient (Wildman–Crippen LogP) is 0.0933. The summed E-state index contributed by atoms with van der Waals surface area (Å²) in [5, 5.41) is 22.4. The van der Waals surface area contributed by atoms with E-state index in [0.29, 0.717) is 18.5 Å². The molecule has 0 aliphatic carbocycles. The third-order valence-corrected chi connectivity index (χ3v) is 5.80. The Hall–Kier alpha value is -2.19. The van der Waals surface area contributed by atoms with Crippen LogP contribution in [0.3, 0.4) is 0 Å². The van der Waals surface area contributed by atoms with E-state index in [9.17, 15) is 24.6 Å². The zero-order valence-electron chi connectivity index (χ0n) is 15.9.